The lowest BCUT2D eigenvalue weighted by Crippen LogP contribution is -2.78. The normalized spacial score (nSPS) is 37.1. The summed E-state index contributed by atoms with van der Waals surface area (Å²) in [4.78, 5) is 57.2. The third-order valence-electron chi connectivity index (χ3n) is 14.0. The van der Waals surface area contributed by atoms with Crippen molar-refractivity contribution in [3.05, 3.63) is 71.8 Å². The van der Waals surface area contributed by atoms with Gasteiger partial charge in [-0.25, -0.2) is 9.59 Å². The van der Waals surface area contributed by atoms with Crippen molar-refractivity contribution in [2.45, 2.75) is 122 Å². The zero-order valence-corrected chi connectivity index (χ0v) is 35.0. The average molecular weight is 792 g/mol. The van der Waals surface area contributed by atoms with Crippen LogP contribution in [0.4, 0.5) is 4.79 Å². The van der Waals surface area contributed by atoms with Crippen molar-refractivity contribution in [2.24, 2.45) is 40.4 Å². The van der Waals surface area contributed by atoms with Gasteiger partial charge in [-0.05, 0) is 64.7 Å². The van der Waals surface area contributed by atoms with Crippen LogP contribution in [0.25, 0.3) is 0 Å². The molecule has 4 aliphatic rings. The van der Waals surface area contributed by atoms with Gasteiger partial charge in [0.1, 0.15) is 29.5 Å². The van der Waals surface area contributed by atoms with Crippen LogP contribution in [-0.4, -0.2) is 91.5 Å². The van der Waals surface area contributed by atoms with E-state index in [-0.39, 0.29) is 24.2 Å². The van der Waals surface area contributed by atoms with Crippen molar-refractivity contribution in [2.75, 3.05) is 20.8 Å². The predicted molar refractivity (Wildman–Crippen MR) is 210 cm³/mol. The molecule has 1 saturated heterocycles. The maximum absolute atomic E-state index is 15.4. The summed E-state index contributed by atoms with van der Waals surface area (Å²) >= 11 is 0. The van der Waals surface area contributed by atoms with E-state index in [2.05, 4.69) is 5.32 Å². The Kier molecular flexibility index (Phi) is 12.1. The van der Waals surface area contributed by atoms with Crippen LogP contribution in [0.3, 0.4) is 0 Å². The van der Waals surface area contributed by atoms with Crippen LogP contribution in [0.15, 0.2) is 60.7 Å². The number of alkyl carbamates (subject to hydrolysis) is 1. The number of benzene rings is 2. The molecular weight excluding hydrogens is 730 g/mol. The number of aliphatic hydroxyl groups is 1. The maximum Gasteiger partial charge on any atom is 0.408 e. The number of hydrogen-bond donors (Lipinski definition) is 2. The first-order valence-electron chi connectivity index (χ1n) is 20.3. The van der Waals surface area contributed by atoms with Crippen molar-refractivity contribution in [1.29, 1.82) is 0 Å². The lowest BCUT2D eigenvalue weighted by Gasteiger charge is -2.67. The van der Waals surface area contributed by atoms with Crippen LogP contribution in [0.5, 0.6) is 0 Å². The molecule has 2 bridgehead atoms. The second-order valence-electron chi connectivity index (χ2n) is 18.1. The number of fused-ring (bicyclic) bond motifs is 5. The molecule has 57 heavy (non-hydrogen) atoms. The zero-order chi connectivity index (χ0) is 41.7. The number of ether oxygens (including phenoxy) is 6. The van der Waals surface area contributed by atoms with Gasteiger partial charge in [-0.2, -0.15) is 0 Å². The average Bonchev–Trinajstić information content (AvgIpc) is 3.17. The topological polar surface area (TPSA) is 156 Å². The summed E-state index contributed by atoms with van der Waals surface area (Å²) in [6.07, 6.45) is -4.07. The molecular formula is C45H61NO11. The summed E-state index contributed by atoms with van der Waals surface area (Å²) < 4.78 is 37.0. The molecule has 3 aliphatic carbocycles. The van der Waals surface area contributed by atoms with E-state index in [0.29, 0.717) is 30.6 Å². The van der Waals surface area contributed by atoms with Crippen LogP contribution in [0.1, 0.15) is 96.6 Å². The molecule has 1 amide bonds. The van der Waals surface area contributed by atoms with Crippen molar-refractivity contribution < 1.29 is 52.7 Å². The van der Waals surface area contributed by atoms with Gasteiger partial charge in [-0.1, -0.05) is 69.3 Å². The van der Waals surface area contributed by atoms with Gasteiger partial charge < -0.3 is 38.8 Å². The molecule has 312 valence electrons. The Morgan fingerprint density at radius 2 is 1.60 bits per heavy atom. The molecule has 3 saturated carbocycles. The lowest BCUT2D eigenvalue weighted by molar-refractivity contribution is -0.310. The minimum atomic E-state index is -1.84. The number of methoxy groups -OCH3 is 2. The first-order valence-corrected chi connectivity index (χ1v) is 20.3. The number of amides is 1. The standard InChI is InChI=1S/C45H61NO11/c1-11-43(7)33-25(2)31(55-39(48)26(3)35(27-18-14-12-15-19-27)46-41(50)57-42(4,5)6)23-45(43,51)38(56-40(49)28-20-16-13-17-21-28)34-29-24-54-30(29)22-32(52-9)44(34,8)37(47)36(33)53-10/h12-21,25-26,29-36,38,51H,11,22-24H2,1-10H3,(H,46,50)/t25?,26-,29-,30-,31+,32+,33?,34?,35-,36-,38?,43+,44-,45-/m1/s1. The molecule has 4 unspecified atom stereocenters. The van der Waals surface area contributed by atoms with E-state index in [1.807, 2.05) is 58.0 Å². The smallest absolute Gasteiger partial charge is 0.408 e. The molecule has 0 spiro atoms. The van der Waals surface area contributed by atoms with E-state index in [1.165, 1.54) is 7.11 Å². The third kappa shape index (κ3) is 7.40. The van der Waals surface area contributed by atoms with E-state index < -0.39 is 94.2 Å². The van der Waals surface area contributed by atoms with E-state index in [9.17, 15) is 19.5 Å². The van der Waals surface area contributed by atoms with Gasteiger partial charge in [-0.15, -0.1) is 0 Å². The fraction of sp³-hybridized carbons (Fsp3) is 0.644. The molecule has 12 heteroatoms. The van der Waals surface area contributed by atoms with E-state index in [1.54, 1.807) is 65.1 Å². The van der Waals surface area contributed by atoms with Gasteiger partial charge in [-0.3, -0.25) is 9.59 Å². The van der Waals surface area contributed by atoms with Crippen molar-refractivity contribution in [1.82, 2.24) is 5.32 Å². The maximum atomic E-state index is 15.4. The minimum Gasteiger partial charge on any atom is -0.462 e. The summed E-state index contributed by atoms with van der Waals surface area (Å²) in [6, 6.07) is 16.9. The van der Waals surface area contributed by atoms with Gasteiger partial charge in [0.15, 0.2) is 5.78 Å². The minimum absolute atomic E-state index is 0.0944. The third-order valence-corrected chi connectivity index (χ3v) is 14.0. The zero-order valence-electron chi connectivity index (χ0n) is 35.0. The number of carbonyl (C=O) groups is 4. The molecule has 2 N–H and O–H groups in total. The van der Waals surface area contributed by atoms with Gasteiger partial charge in [0.05, 0.1) is 41.8 Å². The molecule has 2 aromatic rings. The molecule has 14 atom stereocenters. The highest BCUT2D eigenvalue weighted by Crippen LogP contribution is 2.65. The quantitative estimate of drug-likeness (QED) is 0.201. The van der Waals surface area contributed by atoms with Crippen molar-refractivity contribution >= 4 is 23.8 Å². The molecule has 1 aliphatic heterocycles. The number of hydrogen-bond acceptors (Lipinski definition) is 11. The van der Waals surface area contributed by atoms with Gasteiger partial charge in [0.2, 0.25) is 0 Å². The van der Waals surface area contributed by atoms with Gasteiger partial charge >= 0.3 is 18.0 Å². The van der Waals surface area contributed by atoms with E-state index >= 15 is 4.79 Å². The fourth-order valence-corrected chi connectivity index (χ4v) is 10.7. The number of esters is 2. The van der Waals surface area contributed by atoms with E-state index in [4.69, 9.17) is 28.4 Å². The monoisotopic (exact) mass is 791 g/mol. The highest BCUT2D eigenvalue weighted by Gasteiger charge is 2.75. The summed E-state index contributed by atoms with van der Waals surface area (Å²) in [5.41, 5.74) is -3.98. The lowest BCUT2D eigenvalue weighted by atomic mass is 9.42. The molecule has 6 rings (SSSR count). The largest absolute Gasteiger partial charge is 0.462 e. The first kappa shape index (κ1) is 42.8. The molecule has 0 aromatic heterocycles. The molecule has 0 radical (unpaired) electrons. The highest BCUT2D eigenvalue weighted by molar-refractivity contribution is 5.92. The number of Topliss-reactive ketones (excluding diaryl/α,β-unsaturated/α-hetero) is 1. The summed E-state index contributed by atoms with van der Waals surface area (Å²) in [7, 11) is 3.07. The van der Waals surface area contributed by atoms with Gasteiger partial charge in [0.25, 0.3) is 0 Å². The van der Waals surface area contributed by atoms with Crippen LogP contribution >= 0.6 is 0 Å². The summed E-state index contributed by atoms with van der Waals surface area (Å²) in [5, 5.41) is 16.7. The fourth-order valence-electron chi connectivity index (χ4n) is 10.7. The molecule has 1 heterocycles. The second kappa shape index (κ2) is 16.1. The van der Waals surface area contributed by atoms with Crippen LogP contribution in [0, 0.1) is 40.4 Å². The van der Waals surface area contributed by atoms with E-state index in [0.717, 1.165) is 0 Å². The number of nitrogens with one attached hydrogen (secondary N) is 1. The highest BCUT2D eigenvalue weighted by atomic mass is 16.6. The Labute approximate surface area is 336 Å². The Bertz CT molecular complexity index is 1780. The second-order valence-corrected chi connectivity index (χ2v) is 18.1. The summed E-state index contributed by atoms with van der Waals surface area (Å²) in [5.74, 6) is -4.57. The SMILES string of the molecule is CC[C@@]1(C)C2C(C)[C@@H](OC(=O)[C@H](C)[C@@H](NC(=O)OC(C)(C)C)c3ccccc3)C[C@@]1(O)C(OC(=O)c1ccccc1)C1[C@@H]3CO[C@@H]3C[C@H](OC)[C@@]1(C)C(=O)[C@@H]2OC. The molecule has 2 aromatic carbocycles. The predicted octanol–water partition coefficient (Wildman–Crippen LogP) is 6.48. The molecule has 4 fully saturated rings. The Hall–Kier alpha value is -3.84. The van der Waals surface area contributed by atoms with Crippen LogP contribution in [0.2, 0.25) is 0 Å². The Morgan fingerprint density at radius 1 is 0.965 bits per heavy atom. The molecule has 12 nitrogen and oxygen atoms in total. The Morgan fingerprint density at radius 3 is 2.14 bits per heavy atom. The van der Waals surface area contributed by atoms with Gasteiger partial charge in [0, 0.05) is 50.2 Å². The summed E-state index contributed by atoms with van der Waals surface area (Å²) in [6.45, 7) is 14.9. The Balaban J connectivity index is 1.45. The van der Waals surface area contributed by atoms with Crippen LogP contribution < -0.4 is 5.32 Å². The number of carbonyl (C=O) groups excluding carboxylic acids is 4. The number of rotatable bonds is 10. The van der Waals surface area contributed by atoms with Crippen molar-refractivity contribution in [3.8, 4) is 0 Å². The first-order chi connectivity index (χ1) is 26.9. The van der Waals surface area contributed by atoms with Crippen LogP contribution in [-0.2, 0) is 38.0 Å². The number of ketones is 1. The van der Waals surface area contributed by atoms with Crippen molar-refractivity contribution in [3.63, 3.8) is 0 Å².